The van der Waals surface area contributed by atoms with Gasteiger partial charge < -0.3 is 37.9 Å². The van der Waals surface area contributed by atoms with Crippen molar-refractivity contribution in [1.82, 2.24) is 0 Å². The van der Waals surface area contributed by atoms with Gasteiger partial charge in [-0.3, -0.25) is 4.79 Å². The molecule has 0 unspecified atom stereocenters. The first-order chi connectivity index (χ1) is 25.6. The standard InChI is InChI=1S/C43H38O9/c1-46-31-19-17-30(18-20-31)34-21-32(44)37-33(45)22-35-38(40(37)50-34)41-43(51-35)42(49-25-29-15-9-4-10-16-29)39(48-24-28-13-7-3-8-14-28)36(52-41)26-47-23-27-11-5-2-6-12-27/h2-22,36,39,41-43,45H,23-26H2,1H3/t36-,39-,41+,42+,43-/m1/s1. The topological polar surface area (TPSA) is 106 Å². The Bertz CT molecular complexity index is 2170. The third kappa shape index (κ3) is 6.91. The van der Waals surface area contributed by atoms with Crippen molar-refractivity contribution < 1.29 is 37.9 Å². The molecule has 0 amide bonds. The highest BCUT2D eigenvalue weighted by Crippen LogP contribution is 2.51. The second-order valence-corrected chi connectivity index (χ2v) is 12.9. The van der Waals surface area contributed by atoms with Crippen LogP contribution in [0.2, 0.25) is 0 Å². The minimum Gasteiger partial charge on any atom is -0.507 e. The maximum absolute atomic E-state index is 13.6. The molecule has 2 aliphatic rings. The quantitative estimate of drug-likeness (QED) is 0.137. The largest absolute Gasteiger partial charge is 0.507 e. The van der Waals surface area contributed by atoms with E-state index in [2.05, 4.69) is 0 Å². The fourth-order valence-electron chi connectivity index (χ4n) is 6.92. The van der Waals surface area contributed by atoms with E-state index in [0.717, 1.165) is 16.7 Å². The molecule has 3 heterocycles. The number of rotatable bonds is 12. The van der Waals surface area contributed by atoms with Crippen LogP contribution in [0.25, 0.3) is 22.3 Å². The van der Waals surface area contributed by atoms with Crippen LogP contribution in [0.15, 0.2) is 137 Å². The first-order valence-electron chi connectivity index (χ1n) is 17.3. The lowest BCUT2D eigenvalue weighted by atomic mass is 9.91. The normalized spacial score (nSPS) is 20.6. The van der Waals surface area contributed by atoms with Crippen LogP contribution in [0.3, 0.4) is 0 Å². The molecule has 0 bridgehead atoms. The van der Waals surface area contributed by atoms with Crippen LogP contribution in [0.4, 0.5) is 0 Å². The maximum atomic E-state index is 13.6. The summed E-state index contributed by atoms with van der Waals surface area (Å²) in [7, 11) is 1.59. The zero-order valence-electron chi connectivity index (χ0n) is 28.6. The molecule has 1 aromatic heterocycles. The van der Waals surface area contributed by atoms with Crippen LogP contribution in [0.1, 0.15) is 28.4 Å². The van der Waals surface area contributed by atoms with Gasteiger partial charge in [-0.25, -0.2) is 0 Å². The molecule has 264 valence electrons. The van der Waals surface area contributed by atoms with E-state index >= 15 is 0 Å². The summed E-state index contributed by atoms with van der Waals surface area (Å²) in [5, 5.41) is 11.2. The fourth-order valence-corrected chi connectivity index (χ4v) is 6.92. The van der Waals surface area contributed by atoms with Crippen molar-refractivity contribution >= 4 is 11.0 Å². The third-order valence-electron chi connectivity index (χ3n) is 9.50. The summed E-state index contributed by atoms with van der Waals surface area (Å²) in [5.41, 5.74) is 3.99. The number of benzene rings is 5. The molecule has 5 aromatic carbocycles. The van der Waals surface area contributed by atoms with Gasteiger partial charge in [-0.1, -0.05) is 91.0 Å². The first-order valence-corrected chi connectivity index (χ1v) is 17.3. The summed E-state index contributed by atoms with van der Waals surface area (Å²) in [4.78, 5) is 13.6. The molecule has 2 aliphatic heterocycles. The van der Waals surface area contributed by atoms with Crippen molar-refractivity contribution in [3.63, 3.8) is 0 Å². The molecular formula is C43H38O9. The molecule has 1 saturated heterocycles. The van der Waals surface area contributed by atoms with Crippen LogP contribution in [-0.4, -0.2) is 43.2 Å². The van der Waals surface area contributed by atoms with E-state index in [-0.39, 0.29) is 23.3 Å². The Morgan fingerprint density at radius 2 is 1.31 bits per heavy atom. The molecule has 0 radical (unpaired) electrons. The van der Waals surface area contributed by atoms with Crippen molar-refractivity contribution in [2.45, 2.75) is 50.3 Å². The Morgan fingerprint density at radius 1 is 0.712 bits per heavy atom. The summed E-state index contributed by atoms with van der Waals surface area (Å²) in [6.45, 7) is 1.16. The van der Waals surface area contributed by atoms with Crippen LogP contribution < -0.4 is 14.9 Å². The van der Waals surface area contributed by atoms with Crippen LogP contribution in [0.5, 0.6) is 17.2 Å². The number of phenolic OH excluding ortho intramolecular Hbond substituents is 1. The highest BCUT2D eigenvalue weighted by Gasteiger charge is 2.54. The average Bonchev–Trinajstić information content (AvgIpc) is 3.55. The molecule has 0 spiro atoms. The summed E-state index contributed by atoms with van der Waals surface area (Å²) in [6, 6.07) is 39.8. The Morgan fingerprint density at radius 3 is 1.92 bits per heavy atom. The van der Waals surface area contributed by atoms with Crippen molar-refractivity contribution in [2.75, 3.05) is 13.7 Å². The molecule has 52 heavy (non-hydrogen) atoms. The lowest BCUT2D eigenvalue weighted by Crippen LogP contribution is -2.57. The van der Waals surface area contributed by atoms with E-state index in [1.165, 1.54) is 12.1 Å². The fraction of sp³-hybridized carbons (Fsp3) is 0.233. The molecule has 5 atom stereocenters. The zero-order valence-corrected chi connectivity index (χ0v) is 28.6. The highest BCUT2D eigenvalue weighted by molar-refractivity contribution is 5.90. The van der Waals surface area contributed by atoms with Gasteiger partial charge in [0.1, 0.15) is 52.8 Å². The van der Waals surface area contributed by atoms with E-state index in [0.29, 0.717) is 48.2 Å². The number of methoxy groups -OCH3 is 1. The molecule has 6 aromatic rings. The minimum atomic E-state index is -0.741. The van der Waals surface area contributed by atoms with Crippen molar-refractivity contribution in [1.29, 1.82) is 0 Å². The number of aromatic hydroxyl groups is 1. The van der Waals surface area contributed by atoms with E-state index in [1.54, 1.807) is 19.2 Å². The van der Waals surface area contributed by atoms with Gasteiger partial charge >= 0.3 is 0 Å². The van der Waals surface area contributed by atoms with Crippen molar-refractivity contribution in [2.24, 2.45) is 0 Å². The van der Waals surface area contributed by atoms with Gasteiger partial charge in [0.2, 0.25) is 0 Å². The first kappa shape index (κ1) is 33.7. The molecule has 9 nitrogen and oxygen atoms in total. The minimum absolute atomic E-state index is 0.0462. The summed E-state index contributed by atoms with van der Waals surface area (Å²) in [6.07, 6.45) is -3.31. The molecule has 0 saturated carbocycles. The Kier molecular flexibility index (Phi) is 9.74. The number of ether oxygens (including phenoxy) is 6. The predicted octanol–water partition coefficient (Wildman–Crippen LogP) is 7.76. The zero-order chi connectivity index (χ0) is 35.4. The van der Waals surface area contributed by atoms with Gasteiger partial charge in [0.15, 0.2) is 17.1 Å². The third-order valence-corrected chi connectivity index (χ3v) is 9.50. The van der Waals surface area contributed by atoms with E-state index in [4.69, 9.17) is 32.8 Å². The SMILES string of the molecule is COc1ccc(-c2cc(=O)c3c(O)cc4c(c3o2)[C@@H]2O[C@H](COCc3ccccc3)[C@@H](OCc3ccccc3)[C@H](OCc3ccccc3)[C@@H]2O4)cc1. The predicted molar refractivity (Wildman–Crippen MR) is 194 cm³/mol. The lowest BCUT2D eigenvalue weighted by molar-refractivity contribution is -0.250. The summed E-state index contributed by atoms with van der Waals surface area (Å²) >= 11 is 0. The molecule has 0 aliphatic carbocycles. The van der Waals surface area contributed by atoms with E-state index in [9.17, 15) is 9.90 Å². The lowest BCUT2D eigenvalue weighted by Gasteiger charge is -2.43. The number of hydrogen-bond acceptors (Lipinski definition) is 9. The van der Waals surface area contributed by atoms with Crippen molar-refractivity contribution in [3.05, 3.63) is 160 Å². The molecule has 1 N–H and O–H groups in total. The second-order valence-electron chi connectivity index (χ2n) is 12.9. The monoisotopic (exact) mass is 698 g/mol. The Hall–Kier alpha value is -5.45. The van der Waals surface area contributed by atoms with Crippen LogP contribution >= 0.6 is 0 Å². The van der Waals surface area contributed by atoms with Gasteiger partial charge in [-0.05, 0) is 41.0 Å². The maximum Gasteiger partial charge on any atom is 0.197 e. The van der Waals surface area contributed by atoms with Gasteiger partial charge in [-0.2, -0.15) is 0 Å². The van der Waals surface area contributed by atoms with E-state index < -0.39 is 35.9 Å². The van der Waals surface area contributed by atoms with Crippen molar-refractivity contribution in [3.8, 4) is 28.6 Å². The summed E-state index contributed by atoms with van der Waals surface area (Å²) < 4.78 is 45.0. The summed E-state index contributed by atoms with van der Waals surface area (Å²) in [5.74, 6) is 1.10. The molecule has 9 heteroatoms. The van der Waals surface area contributed by atoms with E-state index in [1.807, 2.05) is 103 Å². The van der Waals surface area contributed by atoms with Gasteiger partial charge in [0.25, 0.3) is 0 Å². The number of fused-ring (bicyclic) bond motifs is 5. The van der Waals surface area contributed by atoms with Crippen LogP contribution in [0, 0.1) is 0 Å². The molecule has 1 fully saturated rings. The molecular weight excluding hydrogens is 660 g/mol. The Labute approximate surface area is 300 Å². The van der Waals surface area contributed by atoms with Gasteiger partial charge in [0.05, 0.1) is 39.1 Å². The Balaban J connectivity index is 1.19. The highest BCUT2D eigenvalue weighted by atomic mass is 16.6. The van der Waals surface area contributed by atoms with Gasteiger partial charge in [0, 0.05) is 17.7 Å². The number of hydrogen-bond donors (Lipinski definition) is 1. The molecule has 8 rings (SSSR count). The number of phenols is 1. The smallest absolute Gasteiger partial charge is 0.197 e. The average molecular weight is 699 g/mol. The van der Waals surface area contributed by atoms with Crippen LogP contribution in [-0.2, 0) is 38.8 Å². The van der Waals surface area contributed by atoms with Gasteiger partial charge in [-0.15, -0.1) is 0 Å². The second kappa shape index (κ2) is 15.0.